The molecule has 9 heteroatoms. The fourth-order valence-electron chi connectivity index (χ4n) is 3.93. The second-order valence-corrected chi connectivity index (χ2v) is 7.65. The Kier molecular flexibility index (Phi) is 5.93. The number of rotatable bonds is 7. The standard InChI is InChI=1S/C22H25NO8/c1-10-18(27)16(12(3)25)20-17(19(10)28)22(4)14(31-20)9-13(26)15(21(22)29)11(2)23-5-7-30-8-6-24/h9,23-24,27-28H,5-8H2,1-4H3/b15-11+/t22-/m1/s1. The maximum atomic E-state index is 13.5. The molecule has 0 aromatic heterocycles. The maximum Gasteiger partial charge on any atom is 0.194 e. The van der Waals surface area contributed by atoms with Gasteiger partial charge in [-0.2, -0.15) is 0 Å². The summed E-state index contributed by atoms with van der Waals surface area (Å²) < 4.78 is 10.9. The molecule has 0 radical (unpaired) electrons. The zero-order valence-electron chi connectivity index (χ0n) is 17.8. The van der Waals surface area contributed by atoms with Crippen LogP contribution in [0, 0.1) is 6.92 Å². The normalized spacial score (nSPS) is 21.3. The van der Waals surface area contributed by atoms with Crippen LogP contribution in [-0.4, -0.2) is 59.0 Å². The highest BCUT2D eigenvalue weighted by atomic mass is 16.5. The molecule has 1 aromatic rings. The summed E-state index contributed by atoms with van der Waals surface area (Å²) in [5.74, 6) is -2.60. The van der Waals surface area contributed by atoms with E-state index in [0.717, 1.165) is 0 Å². The van der Waals surface area contributed by atoms with Crippen LogP contribution < -0.4 is 10.1 Å². The number of phenolic OH excluding ortho intramolecular Hbond substituents is 2. The third-order valence-electron chi connectivity index (χ3n) is 5.63. The van der Waals surface area contributed by atoms with Crippen molar-refractivity contribution in [3.63, 3.8) is 0 Å². The van der Waals surface area contributed by atoms with Gasteiger partial charge in [0.2, 0.25) is 0 Å². The van der Waals surface area contributed by atoms with E-state index in [0.29, 0.717) is 12.2 Å². The van der Waals surface area contributed by atoms with Gasteiger partial charge in [0.25, 0.3) is 0 Å². The number of allylic oxidation sites excluding steroid dienone is 4. The molecule has 0 bridgehead atoms. The van der Waals surface area contributed by atoms with Crippen molar-refractivity contribution in [3.05, 3.63) is 39.8 Å². The van der Waals surface area contributed by atoms with Gasteiger partial charge >= 0.3 is 0 Å². The number of hydrogen-bond acceptors (Lipinski definition) is 9. The Morgan fingerprint density at radius 1 is 1.19 bits per heavy atom. The lowest BCUT2D eigenvalue weighted by atomic mass is 9.70. The first-order valence-electron chi connectivity index (χ1n) is 9.79. The van der Waals surface area contributed by atoms with E-state index in [9.17, 15) is 24.6 Å². The first-order chi connectivity index (χ1) is 14.6. The van der Waals surface area contributed by atoms with E-state index in [1.54, 1.807) is 6.92 Å². The number of carbonyl (C=O) groups excluding carboxylic acids is 3. The molecule has 4 N–H and O–H groups in total. The second kappa shape index (κ2) is 8.16. The minimum absolute atomic E-state index is 0.0110. The van der Waals surface area contributed by atoms with Gasteiger partial charge < -0.3 is 30.1 Å². The fraction of sp³-hybridized carbons (Fsp3) is 0.409. The molecule has 166 valence electrons. The van der Waals surface area contributed by atoms with E-state index >= 15 is 0 Å². The number of carbonyl (C=O) groups is 3. The summed E-state index contributed by atoms with van der Waals surface area (Å²) in [5.41, 5.74) is -1.37. The predicted molar refractivity (Wildman–Crippen MR) is 109 cm³/mol. The highest BCUT2D eigenvalue weighted by Crippen LogP contribution is 2.57. The summed E-state index contributed by atoms with van der Waals surface area (Å²) in [6.45, 7) is 6.40. The SMILES string of the molecule is CC(=O)c1c(O)c(C)c(O)c2c1OC1=CC(=O)/C(=C(/C)NCCOCCO)C(=O)[C@]12C. The largest absolute Gasteiger partial charge is 0.507 e. The van der Waals surface area contributed by atoms with Gasteiger partial charge in [0.1, 0.15) is 34.0 Å². The summed E-state index contributed by atoms with van der Waals surface area (Å²) in [6.07, 6.45) is 1.17. The van der Waals surface area contributed by atoms with E-state index < -0.39 is 28.5 Å². The number of Topliss-reactive ketones (excluding diaryl/α,β-unsaturated/α-hetero) is 2. The molecule has 0 spiro atoms. The summed E-state index contributed by atoms with van der Waals surface area (Å²) in [6, 6.07) is 0. The zero-order valence-corrected chi connectivity index (χ0v) is 17.8. The van der Waals surface area contributed by atoms with Crippen molar-refractivity contribution < 1.29 is 39.2 Å². The van der Waals surface area contributed by atoms with Gasteiger partial charge in [-0.15, -0.1) is 0 Å². The molecule has 1 atom stereocenters. The number of ketones is 3. The molecule has 1 aromatic carbocycles. The number of benzene rings is 1. The minimum Gasteiger partial charge on any atom is -0.507 e. The van der Waals surface area contributed by atoms with Crippen LogP contribution >= 0.6 is 0 Å². The molecule has 3 rings (SSSR count). The number of aliphatic hydroxyl groups excluding tert-OH is 1. The highest BCUT2D eigenvalue weighted by molar-refractivity contribution is 6.31. The molecule has 2 aliphatic rings. The topological polar surface area (TPSA) is 142 Å². The fourth-order valence-corrected chi connectivity index (χ4v) is 3.93. The van der Waals surface area contributed by atoms with Crippen LogP contribution in [0.1, 0.15) is 42.3 Å². The van der Waals surface area contributed by atoms with Crippen LogP contribution in [0.3, 0.4) is 0 Å². The van der Waals surface area contributed by atoms with E-state index in [4.69, 9.17) is 14.6 Å². The summed E-state index contributed by atoms with van der Waals surface area (Å²) >= 11 is 0. The number of hydrogen-bond donors (Lipinski definition) is 4. The number of aromatic hydroxyl groups is 2. The van der Waals surface area contributed by atoms with Gasteiger partial charge in [0.05, 0.1) is 31.0 Å². The van der Waals surface area contributed by atoms with Crippen molar-refractivity contribution in [2.24, 2.45) is 0 Å². The predicted octanol–water partition coefficient (Wildman–Crippen LogP) is 1.17. The van der Waals surface area contributed by atoms with Crippen molar-refractivity contribution in [2.75, 3.05) is 26.4 Å². The van der Waals surface area contributed by atoms with E-state index in [1.807, 2.05) is 0 Å². The monoisotopic (exact) mass is 431 g/mol. The molecular weight excluding hydrogens is 406 g/mol. The molecule has 1 aliphatic carbocycles. The average molecular weight is 431 g/mol. The van der Waals surface area contributed by atoms with Gasteiger partial charge in [-0.1, -0.05) is 0 Å². The molecular formula is C22H25NO8. The number of phenols is 2. The minimum atomic E-state index is -1.54. The van der Waals surface area contributed by atoms with Crippen molar-refractivity contribution >= 4 is 17.3 Å². The van der Waals surface area contributed by atoms with Crippen molar-refractivity contribution in [1.29, 1.82) is 0 Å². The van der Waals surface area contributed by atoms with E-state index in [1.165, 1.54) is 26.8 Å². The molecule has 1 heterocycles. The zero-order chi connectivity index (χ0) is 23.1. The summed E-state index contributed by atoms with van der Waals surface area (Å²) in [4.78, 5) is 38.5. The smallest absolute Gasteiger partial charge is 0.194 e. The van der Waals surface area contributed by atoms with Crippen molar-refractivity contribution in [3.8, 4) is 17.2 Å². The molecule has 0 unspecified atom stereocenters. The Labute approximate surface area is 179 Å². The Morgan fingerprint density at radius 3 is 2.48 bits per heavy atom. The summed E-state index contributed by atoms with van der Waals surface area (Å²) in [5, 5.41) is 32.8. The van der Waals surface area contributed by atoms with Crippen LogP contribution in [0.25, 0.3) is 0 Å². The first kappa shape index (κ1) is 22.5. The van der Waals surface area contributed by atoms with Crippen LogP contribution in [0.5, 0.6) is 17.2 Å². The number of aliphatic hydroxyl groups is 1. The van der Waals surface area contributed by atoms with Crippen LogP contribution in [-0.2, 0) is 19.7 Å². The average Bonchev–Trinajstić information content (AvgIpc) is 2.99. The van der Waals surface area contributed by atoms with Crippen LogP contribution in [0.2, 0.25) is 0 Å². The maximum absolute atomic E-state index is 13.5. The van der Waals surface area contributed by atoms with Crippen molar-refractivity contribution in [2.45, 2.75) is 33.1 Å². The van der Waals surface area contributed by atoms with Gasteiger partial charge in [0.15, 0.2) is 17.3 Å². The van der Waals surface area contributed by atoms with Crippen LogP contribution in [0.4, 0.5) is 0 Å². The molecule has 9 nitrogen and oxygen atoms in total. The first-order valence-corrected chi connectivity index (χ1v) is 9.79. The lowest BCUT2D eigenvalue weighted by molar-refractivity contribution is -0.123. The van der Waals surface area contributed by atoms with Crippen molar-refractivity contribution in [1.82, 2.24) is 5.32 Å². The molecule has 0 amide bonds. The Morgan fingerprint density at radius 2 is 1.87 bits per heavy atom. The number of ether oxygens (including phenoxy) is 2. The Hall–Kier alpha value is -3.17. The third-order valence-corrected chi connectivity index (χ3v) is 5.63. The number of fused-ring (bicyclic) bond motifs is 3. The lowest BCUT2D eigenvalue weighted by Crippen LogP contribution is -2.41. The molecule has 0 fully saturated rings. The quantitative estimate of drug-likeness (QED) is 0.216. The molecule has 1 aliphatic heterocycles. The Bertz CT molecular complexity index is 1050. The van der Waals surface area contributed by atoms with Gasteiger partial charge in [0, 0.05) is 23.9 Å². The van der Waals surface area contributed by atoms with Crippen LogP contribution in [0.15, 0.2) is 23.1 Å². The Balaban J connectivity index is 2.10. The lowest BCUT2D eigenvalue weighted by Gasteiger charge is -2.29. The second-order valence-electron chi connectivity index (χ2n) is 7.65. The molecule has 0 saturated carbocycles. The molecule has 0 saturated heterocycles. The highest BCUT2D eigenvalue weighted by Gasteiger charge is 2.56. The van der Waals surface area contributed by atoms with Gasteiger partial charge in [-0.3, -0.25) is 14.4 Å². The van der Waals surface area contributed by atoms with E-state index in [-0.39, 0.29) is 59.3 Å². The number of nitrogens with one attached hydrogen (secondary N) is 1. The van der Waals surface area contributed by atoms with Gasteiger partial charge in [-0.25, -0.2) is 0 Å². The molecule has 31 heavy (non-hydrogen) atoms. The van der Waals surface area contributed by atoms with E-state index in [2.05, 4.69) is 5.32 Å². The summed E-state index contributed by atoms with van der Waals surface area (Å²) in [7, 11) is 0. The van der Waals surface area contributed by atoms with Gasteiger partial charge in [-0.05, 0) is 27.7 Å². The third kappa shape index (κ3) is 3.39.